The van der Waals surface area contributed by atoms with E-state index in [0.717, 1.165) is 19.6 Å². The minimum atomic E-state index is 0.000463. The second kappa shape index (κ2) is 5.93. The number of nitrogens with zero attached hydrogens (tertiary/aromatic N) is 1. The van der Waals surface area contributed by atoms with Crippen LogP contribution in [0, 0.1) is 5.92 Å². The molecule has 2 aliphatic heterocycles. The molecule has 5 nitrogen and oxygen atoms in total. The third kappa shape index (κ3) is 2.58. The van der Waals surface area contributed by atoms with Gasteiger partial charge in [0, 0.05) is 19.1 Å². The average molecular weight is 290 g/mol. The number of carbonyl (C=O) groups is 1. The minimum absolute atomic E-state index is 0.000463. The van der Waals surface area contributed by atoms with Crippen molar-refractivity contribution >= 4 is 5.91 Å². The van der Waals surface area contributed by atoms with Crippen molar-refractivity contribution in [3.63, 3.8) is 0 Å². The van der Waals surface area contributed by atoms with Crippen molar-refractivity contribution in [1.82, 2.24) is 10.2 Å². The second-order valence-electron chi connectivity index (χ2n) is 5.71. The number of piperidine rings is 1. The Kier molecular flexibility index (Phi) is 4.01. The van der Waals surface area contributed by atoms with Gasteiger partial charge in [0.15, 0.2) is 0 Å². The van der Waals surface area contributed by atoms with Gasteiger partial charge in [-0.15, -0.1) is 0 Å². The van der Waals surface area contributed by atoms with Crippen LogP contribution in [0.5, 0.6) is 11.5 Å². The summed E-state index contributed by atoms with van der Waals surface area (Å²) in [5, 5.41) is 3.52. The van der Waals surface area contributed by atoms with Crippen LogP contribution in [0.4, 0.5) is 0 Å². The number of fused-ring (bicyclic) bond motifs is 1. The maximum absolute atomic E-state index is 12.9. The number of methoxy groups -OCH3 is 2. The van der Waals surface area contributed by atoms with Gasteiger partial charge >= 0.3 is 0 Å². The number of amides is 1. The summed E-state index contributed by atoms with van der Waals surface area (Å²) in [6, 6.07) is 5.87. The van der Waals surface area contributed by atoms with Gasteiger partial charge in [-0.05, 0) is 37.4 Å². The monoisotopic (exact) mass is 290 g/mol. The Morgan fingerprint density at radius 2 is 1.95 bits per heavy atom. The summed E-state index contributed by atoms with van der Waals surface area (Å²) in [5.74, 6) is 1.72. The smallest absolute Gasteiger partial charge is 0.261 e. The molecule has 1 aromatic carbocycles. The molecule has 5 heteroatoms. The van der Waals surface area contributed by atoms with Crippen LogP contribution in [0.1, 0.15) is 23.2 Å². The van der Waals surface area contributed by atoms with Crippen LogP contribution in [0.2, 0.25) is 0 Å². The summed E-state index contributed by atoms with van der Waals surface area (Å²) < 4.78 is 10.7. The highest BCUT2D eigenvalue weighted by molar-refractivity contribution is 6.00. The van der Waals surface area contributed by atoms with Crippen molar-refractivity contribution in [2.75, 3.05) is 33.9 Å². The molecule has 1 aromatic rings. The Bertz CT molecular complexity index is 496. The van der Waals surface area contributed by atoms with Crippen LogP contribution in [-0.2, 0) is 0 Å². The lowest BCUT2D eigenvalue weighted by Gasteiger charge is -2.24. The fourth-order valence-electron chi connectivity index (χ4n) is 3.43. The summed E-state index contributed by atoms with van der Waals surface area (Å²) in [5.41, 5.74) is 0.529. The van der Waals surface area contributed by atoms with Crippen LogP contribution in [0.3, 0.4) is 0 Å². The molecule has 2 aliphatic rings. The number of carbonyl (C=O) groups excluding carboxylic acids is 1. The third-order valence-electron chi connectivity index (χ3n) is 4.53. The van der Waals surface area contributed by atoms with E-state index in [9.17, 15) is 4.79 Å². The maximum Gasteiger partial charge on any atom is 0.261 e. The van der Waals surface area contributed by atoms with Gasteiger partial charge in [0.25, 0.3) is 5.91 Å². The molecule has 21 heavy (non-hydrogen) atoms. The van der Waals surface area contributed by atoms with Crippen LogP contribution in [0.25, 0.3) is 0 Å². The number of hydrogen-bond donors (Lipinski definition) is 1. The molecule has 0 bridgehead atoms. The van der Waals surface area contributed by atoms with E-state index >= 15 is 0 Å². The predicted octanol–water partition coefficient (Wildman–Crippen LogP) is 1.53. The van der Waals surface area contributed by atoms with E-state index in [0.29, 0.717) is 29.0 Å². The molecular formula is C16H22N2O3. The second-order valence-corrected chi connectivity index (χ2v) is 5.71. The van der Waals surface area contributed by atoms with E-state index in [1.54, 1.807) is 26.4 Å². The maximum atomic E-state index is 12.9. The van der Waals surface area contributed by atoms with Gasteiger partial charge in [-0.25, -0.2) is 0 Å². The molecule has 0 radical (unpaired) electrons. The summed E-state index contributed by atoms with van der Waals surface area (Å²) in [7, 11) is 3.16. The predicted molar refractivity (Wildman–Crippen MR) is 80.0 cm³/mol. The highest BCUT2D eigenvalue weighted by Crippen LogP contribution is 2.32. The first kappa shape index (κ1) is 14.2. The molecule has 0 saturated carbocycles. The largest absolute Gasteiger partial charge is 0.496 e. The Balaban J connectivity index is 1.85. The number of hydrogen-bond acceptors (Lipinski definition) is 4. The first-order valence-corrected chi connectivity index (χ1v) is 7.48. The van der Waals surface area contributed by atoms with E-state index in [-0.39, 0.29) is 5.91 Å². The summed E-state index contributed by atoms with van der Waals surface area (Å²) in [6.07, 6.45) is 2.39. The summed E-state index contributed by atoms with van der Waals surface area (Å²) in [4.78, 5) is 14.8. The molecule has 2 fully saturated rings. The van der Waals surface area contributed by atoms with E-state index < -0.39 is 0 Å². The van der Waals surface area contributed by atoms with Gasteiger partial charge in [0.1, 0.15) is 17.1 Å². The van der Waals surface area contributed by atoms with Gasteiger partial charge in [-0.3, -0.25) is 4.79 Å². The van der Waals surface area contributed by atoms with Gasteiger partial charge in [-0.1, -0.05) is 6.07 Å². The van der Waals surface area contributed by atoms with Gasteiger partial charge in [-0.2, -0.15) is 0 Å². The third-order valence-corrected chi connectivity index (χ3v) is 4.53. The van der Waals surface area contributed by atoms with Crippen molar-refractivity contribution in [2.24, 2.45) is 5.92 Å². The van der Waals surface area contributed by atoms with Crippen molar-refractivity contribution in [1.29, 1.82) is 0 Å². The number of benzene rings is 1. The fraction of sp³-hybridized carbons (Fsp3) is 0.562. The van der Waals surface area contributed by atoms with Gasteiger partial charge in [0.2, 0.25) is 0 Å². The van der Waals surface area contributed by atoms with Gasteiger partial charge < -0.3 is 19.7 Å². The van der Waals surface area contributed by atoms with Crippen LogP contribution < -0.4 is 14.8 Å². The Hall–Kier alpha value is -1.75. The molecule has 114 valence electrons. The van der Waals surface area contributed by atoms with Crippen molar-refractivity contribution in [3.05, 3.63) is 23.8 Å². The topological polar surface area (TPSA) is 50.8 Å². The number of rotatable bonds is 3. The van der Waals surface area contributed by atoms with Gasteiger partial charge in [0.05, 0.1) is 14.2 Å². The lowest BCUT2D eigenvalue weighted by atomic mass is 9.94. The molecule has 2 saturated heterocycles. The van der Waals surface area contributed by atoms with E-state index in [1.807, 2.05) is 11.0 Å². The summed E-state index contributed by atoms with van der Waals surface area (Å²) in [6.45, 7) is 2.64. The molecule has 3 rings (SSSR count). The summed E-state index contributed by atoms with van der Waals surface area (Å²) >= 11 is 0. The highest BCUT2D eigenvalue weighted by atomic mass is 16.5. The van der Waals surface area contributed by atoms with Crippen molar-refractivity contribution in [2.45, 2.75) is 18.9 Å². The molecule has 0 aliphatic carbocycles. The molecule has 2 heterocycles. The van der Waals surface area contributed by atoms with Crippen LogP contribution in [0.15, 0.2) is 18.2 Å². The standard InChI is InChI=1S/C16H22N2O3/c1-20-13-6-3-7-14(21-2)15(13)16(19)18-9-11-5-4-8-17-12(11)10-18/h3,6-7,11-12,17H,4-5,8-10H2,1-2H3. The lowest BCUT2D eigenvalue weighted by Crippen LogP contribution is -2.41. The quantitative estimate of drug-likeness (QED) is 0.917. The molecule has 1 N–H and O–H groups in total. The zero-order chi connectivity index (χ0) is 14.8. The van der Waals surface area contributed by atoms with E-state index in [4.69, 9.17) is 9.47 Å². The average Bonchev–Trinajstić information content (AvgIpc) is 2.97. The SMILES string of the molecule is COc1cccc(OC)c1C(=O)N1CC2CCCNC2C1. The normalized spacial score (nSPS) is 24.6. The Labute approximate surface area is 125 Å². The zero-order valence-corrected chi connectivity index (χ0v) is 12.6. The first-order chi connectivity index (χ1) is 10.2. The zero-order valence-electron chi connectivity index (χ0n) is 12.6. The Morgan fingerprint density at radius 1 is 1.24 bits per heavy atom. The molecule has 2 atom stereocenters. The van der Waals surface area contributed by atoms with E-state index in [1.165, 1.54) is 12.8 Å². The first-order valence-electron chi connectivity index (χ1n) is 7.48. The van der Waals surface area contributed by atoms with Crippen molar-refractivity contribution in [3.8, 4) is 11.5 Å². The van der Waals surface area contributed by atoms with E-state index in [2.05, 4.69) is 5.32 Å². The molecule has 0 aromatic heterocycles. The van der Waals surface area contributed by atoms with Crippen LogP contribution in [-0.4, -0.2) is 50.7 Å². The highest BCUT2D eigenvalue weighted by Gasteiger charge is 2.38. The van der Waals surface area contributed by atoms with Crippen LogP contribution >= 0.6 is 0 Å². The Morgan fingerprint density at radius 3 is 2.57 bits per heavy atom. The molecular weight excluding hydrogens is 268 g/mol. The lowest BCUT2D eigenvalue weighted by molar-refractivity contribution is 0.0778. The molecule has 0 spiro atoms. The number of ether oxygens (including phenoxy) is 2. The number of likely N-dealkylation sites (tertiary alicyclic amines) is 1. The van der Waals surface area contributed by atoms with Crippen molar-refractivity contribution < 1.29 is 14.3 Å². The minimum Gasteiger partial charge on any atom is -0.496 e. The molecule has 1 amide bonds. The molecule has 2 unspecified atom stereocenters. The fourth-order valence-corrected chi connectivity index (χ4v) is 3.43. The number of nitrogens with one attached hydrogen (secondary N) is 1.